The zero-order valence-electron chi connectivity index (χ0n) is 19.9. The number of hydrogen-bond acceptors (Lipinski definition) is 6. The van der Waals surface area contributed by atoms with Crippen molar-refractivity contribution in [3.05, 3.63) is 94.2 Å². The van der Waals surface area contributed by atoms with Gasteiger partial charge >= 0.3 is 0 Å². The molecule has 2 aromatic heterocycles. The van der Waals surface area contributed by atoms with Crippen LogP contribution in [0.1, 0.15) is 23.2 Å². The fraction of sp³-hybridized carbons (Fsp3) is 0.222. The number of aliphatic hydroxyl groups is 1. The largest absolute Gasteiger partial charge is 0.475 e. The molecule has 192 valence electrons. The van der Waals surface area contributed by atoms with Crippen molar-refractivity contribution in [2.24, 2.45) is 0 Å². The van der Waals surface area contributed by atoms with Crippen LogP contribution in [0.3, 0.4) is 0 Å². The maximum Gasteiger partial charge on any atom is 0.213 e. The van der Waals surface area contributed by atoms with Crippen molar-refractivity contribution in [2.75, 3.05) is 25.2 Å². The smallest absolute Gasteiger partial charge is 0.213 e. The van der Waals surface area contributed by atoms with Crippen molar-refractivity contribution in [1.82, 2.24) is 9.55 Å². The highest BCUT2D eigenvalue weighted by atomic mass is 19.2. The third-order valence-corrected chi connectivity index (χ3v) is 6.16. The Morgan fingerprint density at radius 1 is 1.08 bits per heavy atom. The Labute approximate surface area is 210 Å². The number of ether oxygens (including phenoxy) is 1. The topological polar surface area (TPSA) is 84.7 Å². The van der Waals surface area contributed by atoms with Crippen LogP contribution in [0.15, 0.2) is 65.7 Å². The van der Waals surface area contributed by atoms with Gasteiger partial charge < -0.3 is 19.3 Å². The summed E-state index contributed by atoms with van der Waals surface area (Å²) in [4.78, 5) is 30.3. The average molecular weight is 512 g/mol. The second-order valence-electron chi connectivity index (χ2n) is 8.29. The van der Waals surface area contributed by atoms with E-state index in [1.807, 2.05) is 11.0 Å². The van der Waals surface area contributed by atoms with Crippen molar-refractivity contribution in [1.29, 1.82) is 0 Å². The van der Waals surface area contributed by atoms with E-state index >= 15 is 4.39 Å². The van der Waals surface area contributed by atoms with Gasteiger partial charge in [0, 0.05) is 49.3 Å². The standard InChI is InChI=1S/C26H20F3N3O3.CH4O/c27-20-7-6-17(10-21(20)28)32-13-16(14-33)26(34)19-11-22(29)24(12-23(19)32)31-9-3-4-18(31)15-35-25-5-1-2-8-30-25;1-2/h1-2,5-8,10-14,18H,3-4,9,15H2;2H,1H3. The first kappa shape index (κ1) is 25.9. The summed E-state index contributed by atoms with van der Waals surface area (Å²) in [6, 6.07) is 11.0. The Balaban J connectivity index is 0.00000156. The fourth-order valence-corrected chi connectivity index (χ4v) is 4.45. The molecule has 1 saturated heterocycles. The predicted molar refractivity (Wildman–Crippen MR) is 133 cm³/mol. The molecule has 1 N–H and O–H groups in total. The third kappa shape index (κ3) is 5.19. The molecule has 37 heavy (non-hydrogen) atoms. The number of halogens is 3. The minimum absolute atomic E-state index is 0.0407. The lowest BCUT2D eigenvalue weighted by Crippen LogP contribution is -2.35. The lowest BCUT2D eigenvalue weighted by atomic mass is 10.1. The Kier molecular flexibility index (Phi) is 7.88. The summed E-state index contributed by atoms with van der Waals surface area (Å²) in [5, 5.41) is 6.96. The number of carbonyl (C=O) groups excluding carboxylic acids is 1. The number of benzene rings is 2. The Morgan fingerprint density at radius 3 is 2.59 bits per heavy atom. The summed E-state index contributed by atoms with van der Waals surface area (Å²) in [5.41, 5.74) is -0.169. The molecule has 10 heteroatoms. The Bertz CT molecular complexity index is 1480. The van der Waals surface area contributed by atoms with Crippen LogP contribution >= 0.6 is 0 Å². The van der Waals surface area contributed by atoms with Gasteiger partial charge in [0.15, 0.2) is 23.3 Å². The first-order valence-corrected chi connectivity index (χ1v) is 11.5. The maximum absolute atomic E-state index is 15.3. The number of aliphatic hydroxyl groups excluding tert-OH is 1. The molecule has 0 saturated carbocycles. The van der Waals surface area contributed by atoms with Crippen LogP contribution in [0.2, 0.25) is 0 Å². The van der Waals surface area contributed by atoms with Crippen LogP contribution in [0.5, 0.6) is 5.88 Å². The molecule has 1 unspecified atom stereocenters. The molecule has 1 aliphatic rings. The number of pyridine rings is 2. The van der Waals surface area contributed by atoms with Crippen molar-refractivity contribution < 1.29 is 27.8 Å². The van der Waals surface area contributed by atoms with Gasteiger partial charge in [0.25, 0.3) is 0 Å². The van der Waals surface area contributed by atoms with Crippen LogP contribution in [-0.4, -0.2) is 47.2 Å². The second kappa shape index (κ2) is 11.3. The minimum Gasteiger partial charge on any atom is -0.475 e. The summed E-state index contributed by atoms with van der Waals surface area (Å²) >= 11 is 0. The van der Waals surface area contributed by atoms with Gasteiger partial charge in [-0.2, -0.15) is 0 Å². The van der Waals surface area contributed by atoms with E-state index in [2.05, 4.69) is 4.98 Å². The van der Waals surface area contributed by atoms with E-state index in [0.717, 1.165) is 38.2 Å². The molecule has 2 aromatic carbocycles. The minimum atomic E-state index is -1.09. The molecule has 4 aromatic rings. The Hall–Kier alpha value is -4.18. The predicted octanol–water partition coefficient (Wildman–Crippen LogP) is 4.27. The summed E-state index contributed by atoms with van der Waals surface area (Å²) in [6.45, 7) is 0.856. The third-order valence-electron chi connectivity index (χ3n) is 6.16. The molecule has 1 fully saturated rings. The Morgan fingerprint density at radius 2 is 1.89 bits per heavy atom. The fourth-order valence-electron chi connectivity index (χ4n) is 4.45. The summed E-state index contributed by atoms with van der Waals surface area (Å²) in [7, 11) is 1.00. The van der Waals surface area contributed by atoms with Gasteiger partial charge in [-0.15, -0.1) is 0 Å². The molecule has 0 bridgehead atoms. The van der Waals surface area contributed by atoms with Crippen LogP contribution in [0, 0.1) is 17.5 Å². The van der Waals surface area contributed by atoms with Crippen LogP contribution in [0.25, 0.3) is 16.6 Å². The van der Waals surface area contributed by atoms with Crippen LogP contribution in [0.4, 0.5) is 18.9 Å². The molecule has 7 nitrogen and oxygen atoms in total. The quantitative estimate of drug-likeness (QED) is 0.389. The average Bonchev–Trinajstić information content (AvgIpc) is 3.39. The van der Waals surface area contributed by atoms with E-state index in [1.165, 1.54) is 22.9 Å². The van der Waals surface area contributed by atoms with Gasteiger partial charge in [0.2, 0.25) is 5.88 Å². The van der Waals surface area contributed by atoms with Gasteiger partial charge in [0.05, 0.1) is 22.8 Å². The van der Waals surface area contributed by atoms with Gasteiger partial charge in [0.1, 0.15) is 12.4 Å². The van der Waals surface area contributed by atoms with E-state index in [-0.39, 0.29) is 40.5 Å². The molecule has 1 atom stereocenters. The molecular formula is C27H24F3N3O4. The molecule has 0 radical (unpaired) electrons. The van der Waals surface area contributed by atoms with Gasteiger partial charge in [-0.1, -0.05) is 6.07 Å². The molecule has 5 rings (SSSR count). The summed E-state index contributed by atoms with van der Waals surface area (Å²) in [6.07, 6.45) is 4.81. The molecule has 0 amide bonds. The zero-order chi connectivity index (χ0) is 26.5. The van der Waals surface area contributed by atoms with Crippen molar-refractivity contribution in [3.8, 4) is 11.6 Å². The van der Waals surface area contributed by atoms with E-state index in [4.69, 9.17) is 9.84 Å². The highest BCUT2D eigenvalue weighted by Gasteiger charge is 2.28. The van der Waals surface area contributed by atoms with Gasteiger partial charge in [-0.3, -0.25) is 9.59 Å². The maximum atomic E-state index is 15.3. The van der Waals surface area contributed by atoms with E-state index < -0.39 is 22.9 Å². The lowest BCUT2D eigenvalue weighted by Gasteiger charge is -2.27. The van der Waals surface area contributed by atoms with E-state index in [9.17, 15) is 18.4 Å². The highest BCUT2D eigenvalue weighted by molar-refractivity contribution is 5.89. The second-order valence-corrected chi connectivity index (χ2v) is 8.29. The summed E-state index contributed by atoms with van der Waals surface area (Å²) in [5.74, 6) is -2.28. The normalized spacial score (nSPS) is 14.8. The number of nitrogens with zero attached hydrogens (tertiary/aromatic N) is 3. The zero-order valence-corrected chi connectivity index (χ0v) is 19.9. The number of aromatic nitrogens is 2. The first-order valence-electron chi connectivity index (χ1n) is 11.5. The van der Waals surface area contributed by atoms with Crippen molar-refractivity contribution >= 4 is 22.9 Å². The molecule has 1 aliphatic heterocycles. The first-order chi connectivity index (χ1) is 18.0. The van der Waals surface area contributed by atoms with Crippen molar-refractivity contribution in [2.45, 2.75) is 18.9 Å². The van der Waals surface area contributed by atoms with Gasteiger partial charge in [-0.05, 0) is 43.2 Å². The molecule has 3 heterocycles. The lowest BCUT2D eigenvalue weighted by molar-refractivity contribution is 0.112. The van der Waals surface area contributed by atoms with E-state index in [0.29, 0.717) is 18.7 Å². The van der Waals surface area contributed by atoms with Gasteiger partial charge in [-0.25, -0.2) is 18.2 Å². The van der Waals surface area contributed by atoms with Crippen LogP contribution in [-0.2, 0) is 0 Å². The highest BCUT2D eigenvalue weighted by Crippen LogP contribution is 2.32. The summed E-state index contributed by atoms with van der Waals surface area (Å²) < 4.78 is 50.0. The number of carbonyl (C=O) groups is 1. The van der Waals surface area contributed by atoms with E-state index in [1.54, 1.807) is 18.3 Å². The number of fused-ring (bicyclic) bond motifs is 1. The molecule has 0 spiro atoms. The molecular weight excluding hydrogens is 487 g/mol. The SMILES string of the molecule is CO.O=Cc1cn(-c2ccc(F)c(F)c2)c2cc(N3CCCC3COc3ccccn3)c(F)cc2c1=O. The van der Waals surface area contributed by atoms with Crippen LogP contribution < -0.4 is 15.1 Å². The monoisotopic (exact) mass is 511 g/mol. The number of rotatable bonds is 6. The number of hydrogen-bond donors (Lipinski definition) is 1. The molecule has 0 aliphatic carbocycles. The number of anilines is 1. The van der Waals surface area contributed by atoms with Crippen molar-refractivity contribution in [3.63, 3.8) is 0 Å². The number of aldehydes is 1.